The van der Waals surface area contributed by atoms with Gasteiger partial charge >= 0.3 is 5.97 Å². The monoisotopic (exact) mass is 337 g/mol. The van der Waals surface area contributed by atoms with Gasteiger partial charge in [-0.3, -0.25) is 4.79 Å². The molecule has 2 aromatic rings. The minimum absolute atomic E-state index is 0.0119. The second-order valence-corrected chi connectivity index (χ2v) is 4.89. The Balaban J connectivity index is 1.88. The van der Waals surface area contributed by atoms with E-state index >= 15 is 0 Å². The van der Waals surface area contributed by atoms with Crippen LogP contribution in [0.4, 0.5) is 0 Å². The number of aromatic carboxylic acids is 1. The highest BCUT2D eigenvalue weighted by Gasteiger charge is 2.09. The van der Waals surface area contributed by atoms with E-state index in [4.69, 9.17) is 5.11 Å². The van der Waals surface area contributed by atoms with Gasteiger partial charge in [-0.05, 0) is 28.1 Å². The van der Waals surface area contributed by atoms with Gasteiger partial charge in [-0.15, -0.1) is 0 Å². The Bertz CT molecular complexity index is 639. The molecule has 104 valence electrons. The van der Waals surface area contributed by atoms with E-state index in [9.17, 15) is 9.59 Å². The summed E-state index contributed by atoms with van der Waals surface area (Å²) in [6.45, 7) is 0.839. The molecule has 0 aliphatic heterocycles. The Morgan fingerprint density at radius 3 is 2.75 bits per heavy atom. The van der Waals surface area contributed by atoms with E-state index in [-0.39, 0.29) is 11.6 Å². The SMILES string of the molecule is O=C(O)c1cn(CCNC(=O)c2ccccc2Br)cn1. The largest absolute Gasteiger partial charge is 0.476 e. The van der Waals surface area contributed by atoms with Crippen LogP contribution in [0.2, 0.25) is 0 Å². The fraction of sp³-hybridized carbons (Fsp3) is 0.154. The number of nitrogens with one attached hydrogen (secondary N) is 1. The molecule has 2 N–H and O–H groups in total. The molecule has 1 aromatic carbocycles. The molecule has 0 aliphatic rings. The second-order valence-electron chi connectivity index (χ2n) is 4.04. The van der Waals surface area contributed by atoms with Crippen LogP contribution in [-0.2, 0) is 6.54 Å². The Morgan fingerprint density at radius 2 is 2.10 bits per heavy atom. The average Bonchev–Trinajstić information content (AvgIpc) is 2.88. The molecule has 1 aromatic heterocycles. The molecule has 0 saturated heterocycles. The summed E-state index contributed by atoms with van der Waals surface area (Å²) in [5.41, 5.74) is 0.548. The first kappa shape index (κ1) is 14.3. The molecule has 0 atom stereocenters. The van der Waals surface area contributed by atoms with Crippen molar-refractivity contribution in [1.82, 2.24) is 14.9 Å². The summed E-state index contributed by atoms with van der Waals surface area (Å²) >= 11 is 3.31. The molecule has 0 fully saturated rings. The molecule has 1 amide bonds. The molecular weight excluding hydrogens is 326 g/mol. The van der Waals surface area contributed by atoms with E-state index in [1.165, 1.54) is 12.5 Å². The topological polar surface area (TPSA) is 84.2 Å². The van der Waals surface area contributed by atoms with Gasteiger partial charge < -0.3 is 15.0 Å². The Kier molecular flexibility index (Phi) is 4.52. The molecule has 0 radical (unpaired) electrons. The van der Waals surface area contributed by atoms with Crippen LogP contribution in [0, 0.1) is 0 Å². The highest BCUT2D eigenvalue weighted by Crippen LogP contribution is 2.15. The highest BCUT2D eigenvalue weighted by atomic mass is 79.9. The molecule has 7 heteroatoms. The van der Waals surface area contributed by atoms with Crippen molar-refractivity contribution < 1.29 is 14.7 Å². The van der Waals surface area contributed by atoms with Crippen molar-refractivity contribution >= 4 is 27.8 Å². The van der Waals surface area contributed by atoms with Crippen molar-refractivity contribution in [3.05, 3.63) is 52.5 Å². The van der Waals surface area contributed by atoms with E-state index < -0.39 is 5.97 Å². The van der Waals surface area contributed by atoms with Crippen LogP contribution in [0.25, 0.3) is 0 Å². The zero-order valence-corrected chi connectivity index (χ0v) is 12.0. The van der Waals surface area contributed by atoms with Gasteiger partial charge in [0, 0.05) is 23.8 Å². The first-order chi connectivity index (χ1) is 9.58. The lowest BCUT2D eigenvalue weighted by Gasteiger charge is -2.07. The second kappa shape index (κ2) is 6.33. The number of hydrogen-bond acceptors (Lipinski definition) is 3. The first-order valence-corrected chi connectivity index (χ1v) is 6.65. The highest BCUT2D eigenvalue weighted by molar-refractivity contribution is 9.10. The lowest BCUT2D eigenvalue weighted by molar-refractivity contribution is 0.0690. The lowest BCUT2D eigenvalue weighted by atomic mass is 10.2. The van der Waals surface area contributed by atoms with E-state index in [1.54, 1.807) is 22.8 Å². The Hall–Kier alpha value is -2.15. The predicted octanol–water partition coefficient (Wildman–Crippen LogP) is 1.77. The Labute approximate surface area is 123 Å². The number of carboxylic acids is 1. The van der Waals surface area contributed by atoms with Crippen molar-refractivity contribution in [2.24, 2.45) is 0 Å². The van der Waals surface area contributed by atoms with E-state index in [2.05, 4.69) is 26.2 Å². The summed E-state index contributed by atoms with van der Waals surface area (Å²) in [6, 6.07) is 7.14. The predicted molar refractivity (Wildman–Crippen MR) is 75.7 cm³/mol. The zero-order valence-electron chi connectivity index (χ0n) is 10.4. The summed E-state index contributed by atoms with van der Waals surface area (Å²) in [5, 5.41) is 11.5. The van der Waals surface area contributed by atoms with Crippen LogP contribution in [0.5, 0.6) is 0 Å². The average molecular weight is 338 g/mol. The summed E-state index contributed by atoms with van der Waals surface area (Å²) in [7, 11) is 0. The van der Waals surface area contributed by atoms with Gasteiger partial charge in [0.15, 0.2) is 5.69 Å². The molecule has 0 bridgehead atoms. The summed E-state index contributed by atoms with van der Waals surface area (Å²) in [5.74, 6) is -1.25. The quantitative estimate of drug-likeness (QED) is 0.870. The normalized spacial score (nSPS) is 10.2. The number of halogens is 1. The third kappa shape index (κ3) is 3.45. The van der Waals surface area contributed by atoms with Gasteiger partial charge in [0.25, 0.3) is 5.91 Å². The molecule has 0 unspecified atom stereocenters. The van der Waals surface area contributed by atoms with Crippen LogP contribution >= 0.6 is 15.9 Å². The summed E-state index contributed by atoms with van der Waals surface area (Å²) in [4.78, 5) is 26.3. The van der Waals surface area contributed by atoms with E-state index in [1.807, 2.05) is 6.07 Å². The minimum atomic E-state index is -1.07. The number of imidazole rings is 1. The number of benzene rings is 1. The maximum atomic E-state index is 11.9. The summed E-state index contributed by atoms with van der Waals surface area (Å²) < 4.78 is 2.34. The summed E-state index contributed by atoms with van der Waals surface area (Å²) in [6.07, 6.45) is 2.85. The smallest absolute Gasteiger partial charge is 0.356 e. The van der Waals surface area contributed by atoms with Crippen molar-refractivity contribution in [2.45, 2.75) is 6.54 Å². The number of rotatable bonds is 5. The fourth-order valence-corrected chi connectivity index (χ4v) is 2.10. The first-order valence-electron chi connectivity index (χ1n) is 5.85. The van der Waals surface area contributed by atoms with Gasteiger partial charge in [0.1, 0.15) is 0 Å². The number of amides is 1. The third-order valence-electron chi connectivity index (χ3n) is 2.63. The van der Waals surface area contributed by atoms with Crippen molar-refractivity contribution in [2.75, 3.05) is 6.54 Å². The minimum Gasteiger partial charge on any atom is -0.476 e. The van der Waals surface area contributed by atoms with Gasteiger partial charge in [-0.25, -0.2) is 9.78 Å². The van der Waals surface area contributed by atoms with Crippen molar-refractivity contribution in [1.29, 1.82) is 0 Å². The Morgan fingerprint density at radius 1 is 1.35 bits per heavy atom. The molecular formula is C13H12BrN3O3. The van der Waals surface area contributed by atoms with E-state index in [0.717, 1.165) is 4.47 Å². The van der Waals surface area contributed by atoms with Crippen LogP contribution < -0.4 is 5.32 Å². The van der Waals surface area contributed by atoms with Gasteiger partial charge in [0.05, 0.1) is 11.9 Å². The number of hydrogen-bond donors (Lipinski definition) is 2. The molecule has 0 spiro atoms. The number of aromatic nitrogens is 2. The molecule has 0 saturated carbocycles. The zero-order chi connectivity index (χ0) is 14.5. The fourth-order valence-electron chi connectivity index (χ4n) is 1.63. The molecule has 2 rings (SSSR count). The van der Waals surface area contributed by atoms with Crippen LogP contribution in [0.1, 0.15) is 20.8 Å². The van der Waals surface area contributed by atoms with Crippen molar-refractivity contribution in [3.8, 4) is 0 Å². The molecule has 0 aliphatic carbocycles. The van der Waals surface area contributed by atoms with Crippen molar-refractivity contribution in [3.63, 3.8) is 0 Å². The standard InChI is InChI=1S/C13H12BrN3O3/c14-10-4-2-1-3-9(10)12(18)15-5-6-17-7-11(13(19)20)16-8-17/h1-4,7-8H,5-6H2,(H,15,18)(H,19,20). The maximum absolute atomic E-state index is 11.9. The molecule has 6 nitrogen and oxygen atoms in total. The number of nitrogens with zero attached hydrogens (tertiary/aromatic N) is 2. The number of carboxylic acid groups (broad SMARTS) is 1. The van der Waals surface area contributed by atoms with Gasteiger partial charge in [-0.2, -0.15) is 0 Å². The number of carbonyl (C=O) groups is 2. The molecule has 1 heterocycles. The lowest BCUT2D eigenvalue weighted by Crippen LogP contribution is -2.27. The number of carbonyl (C=O) groups excluding carboxylic acids is 1. The van der Waals surface area contributed by atoms with Crippen LogP contribution in [0.15, 0.2) is 41.3 Å². The van der Waals surface area contributed by atoms with Crippen LogP contribution in [-0.4, -0.2) is 33.1 Å². The third-order valence-corrected chi connectivity index (χ3v) is 3.32. The molecule has 20 heavy (non-hydrogen) atoms. The van der Waals surface area contributed by atoms with Gasteiger partial charge in [-0.1, -0.05) is 12.1 Å². The van der Waals surface area contributed by atoms with Gasteiger partial charge in [0.2, 0.25) is 0 Å². The van der Waals surface area contributed by atoms with E-state index in [0.29, 0.717) is 18.7 Å². The maximum Gasteiger partial charge on any atom is 0.356 e. The van der Waals surface area contributed by atoms with Crippen LogP contribution in [0.3, 0.4) is 0 Å².